The highest BCUT2D eigenvalue weighted by Crippen LogP contribution is 2.52. The molecule has 200 valence electrons. The quantitative estimate of drug-likeness (QED) is 0.190. The smallest absolute Gasteiger partial charge is 0.255 e. The predicted molar refractivity (Wildman–Crippen MR) is 149 cm³/mol. The Kier molecular flexibility index (Phi) is 6.57. The molecule has 0 spiro atoms. The van der Waals surface area contributed by atoms with Crippen LogP contribution >= 0.6 is 22.6 Å². The summed E-state index contributed by atoms with van der Waals surface area (Å²) in [6.45, 7) is 0. The van der Waals surface area contributed by atoms with Crippen molar-refractivity contribution < 1.29 is 34.8 Å². The Hall–Kier alpha value is -3.66. The van der Waals surface area contributed by atoms with Crippen molar-refractivity contribution in [2.45, 2.75) is 24.5 Å². The van der Waals surface area contributed by atoms with Gasteiger partial charge in [0, 0.05) is 26.2 Å². The van der Waals surface area contributed by atoms with Crippen LogP contribution in [0.25, 0.3) is 0 Å². The van der Waals surface area contributed by atoms with Gasteiger partial charge in [-0.1, -0.05) is 11.8 Å². The van der Waals surface area contributed by atoms with Crippen LogP contribution in [0.4, 0.5) is 0 Å². The molecule has 0 unspecified atom stereocenters. The van der Waals surface area contributed by atoms with Gasteiger partial charge < -0.3 is 26.2 Å². The number of nitrogens with zero attached hydrogens (tertiary/aromatic N) is 1. The van der Waals surface area contributed by atoms with Crippen LogP contribution in [0.3, 0.4) is 0 Å². The highest BCUT2D eigenvalue weighted by atomic mass is 127. The molecule has 9 nitrogen and oxygen atoms in total. The van der Waals surface area contributed by atoms with E-state index in [1.54, 1.807) is 20.2 Å². The molecule has 39 heavy (non-hydrogen) atoms. The molecule has 0 bridgehead atoms. The third kappa shape index (κ3) is 4.04. The third-order valence-electron chi connectivity index (χ3n) is 7.79. The summed E-state index contributed by atoms with van der Waals surface area (Å²) in [5, 5.41) is 44.5. The topological polar surface area (TPSA) is 161 Å². The number of benzene rings is 2. The summed E-state index contributed by atoms with van der Waals surface area (Å²) in [4.78, 5) is 40.7. The first kappa shape index (κ1) is 26.9. The summed E-state index contributed by atoms with van der Waals surface area (Å²) in [6, 6.07) is 9.50. The number of aliphatic hydroxyl groups is 3. The Morgan fingerprint density at radius 1 is 1.08 bits per heavy atom. The van der Waals surface area contributed by atoms with Crippen LogP contribution in [0, 0.1) is 27.2 Å². The van der Waals surface area contributed by atoms with Gasteiger partial charge in [-0.2, -0.15) is 0 Å². The van der Waals surface area contributed by atoms with E-state index in [0.717, 1.165) is 9.13 Å². The highest BCUT2D eigenvalue weighted by Gasteiger charge is 2.63. The normalized spacial score (nSPS) is 26.0. The zero-order valence-corrected chi connectivity index (χ0v) is 23.2. The second-order valence-electron chi connectivity index (χ2n) is 10.2. The van der Waals surface area contributed by atoms with E-state index in [9.17, 15) is 34.8 Å². The number of hydrogen-bond donors (Lipinski definition) is 5. The summed E-state index contributed by atoms with van der Waals surface area (Å²) in [7, 11) is 3.17. The van der Waals surface area contributed by atoms with Gasteiger partial charge in [0.1, 0.15) is 22.8 Å². The number of halogens is 1. The molecule has 0 saturated carbocycles. The molecular weight excluding hydrogens is 615 g/mol. The first-order valence-corrected chi connectivity index (χ1v) is 13.2. The monoisotopic (exact) mass is 640 g/mol. The molecule has 0 fully saturated rings. The number of ketones is 2. The lowest BCUT2D eigenvalue weighted by Gasteiger charge is -2.50. The number of nitrogens with two attached hydrogens (primary N) is 1. The number of phenols is 1. The number of amides is 1. The largest absolute Gasteiger partial charge is 0.510 e. The maximum atomic E-state index is 13.8. The van der Waals surface area contributed by atoms with Crippen molar-refractivity contribution >= 4 is 40.1 Å². The van der Waals surface area contributed by atoms with Gasteiger partial charge in [0.2, 0.25) is 5.78 Å². The van der Waals surface area contributed by atoms with Crippen molar-refractivity contribution in [2.24, 2.45) is 17.6 Å². The number of hydrogen-bond acceptors (Lipinski definition) is 8. The molecule has 0 heterocycles. The van der Waals surface area contributed by atoms with Gasteiger partial charge in [-0.25, -0.2) is 0 Å². The van der Waals surface area contributed by atoms with Gasteiger partial charge in [0.15, 0.2) is 11.4 Å². The van der Waals surface area contributed by atoms with Crippen LogP contribution in [0.1, 0.15) is 33.5 Å². The second-order valence-corrected chi connectivity index (χ2v) is 11.5. The molecule has 4 atom stereocenters. The summed E-state index contributed by atoms with van der Waals surface area (Å²) in [5.41, 5.74) is 3.37. The molecule has 0 aromatic heterocycles. The SMILES string of the molecule is CN(C)[C@@H]1C(O)=C(C(N)=O)C(=O)[C@@]2(O)C(O)=C3C(=O)c4c(O)ccc(C#Cc5ccc(I)cc5)c4C[C@H]3C[C@@H]12. The average Bonchev–Trinajstić information content (AvgIpc) is 2.86. The number of carbonyl (C=O) groups is 3. The number of allylic oxidation sites excluding steroid dienone is 1. The van der Waals surface area contributed by atoms with E-state index < -0.39 is 58.0 Å². The molecule has 0 radical (unpaired) electrons. The van der Waals surface area contributed by atoms with Crippen molar-refractivity contribution in [3.8, 4) is 17.6 Å². The Labute approximate surface area is 237 Å². The lowest BCUT2D eigenvalue weighted by Crippen LogP contribution is -2.63. The minimum atomic E-state index is -2.66. The highest BCUT2D eigenvalue weighted by molar-refractivity contribution is 14.1. The first-order valence-electron chi connectivity index (χ1n) is 12.1. The third-order valence-corrected chi connectivity index (χ3v) is 8.51. The molecule has 2 aromatic rings. The summed E-state index contributed by atoms with van der Waals surface area (Å²) in [5.74, 6) is -0.664. The van der Waals surface area contributed by atoms with Gasteiger partial charge in [-0.05, 0) is 97.4 Å². The molecule has 3 aliphatic carbocycles. The summed E-state index contributed by atoms with van der Waals surface area (Å²) in [6.07, 6.45) is 0.199. The summed E-state index contributed by atoms with van der Waals surface area (Å²) >= 11 is 2.19. The minimum absolute atomic E-state index is 0.0193. The number of likely N-dealkylation sites (N-methyl/N-ethyl adjacent to an activating group) is 1. The van der Waals surface area contributed by atoms with Crippen molar-refractivity contribution in [3.63, 3.8) is 0 Å². The van der Waals surface area contributed by atoms with E-state index in [1.807, 2.05) is 24.3 Å². The van der Waals surface area contributed by atoms with E-state index in [2.05, 4.69) is 34.4 Å². The number of rotatable bonds is 2. The number of carbonyl (C=O) groups excluding carboxylic acids is 3. The minimum Gasteiger partial charge on any atom is -0.510 e. The standard InChI is InChI=1S/C29H25IN2O7/c1-32(2)23-18-12-15-11-17-14(6-3-13-4-8-16(30)9-5-13)7-10-19(33)21(17)24(34)20(15)26(36)29(18,39)27(37)22(25(23)35)28(31)38/h4-5,7-10,15,18,23,33,35-36,39H,11-12H2,1-2H3,(H2,31,38)/t15-,18-,23-,29-/m0/s1. The molecule has 3 aliphatic rings. The molecule has 1 amide bonds. The van der Waals surface area contributed by atoms with Crippen molar-refractivity contribution in [1.29, 1.82) is 0 Å². The van der Waals surface area contributed by atoms with Crippen LogP contribution in [0.15, 0.2) is 59.1 Å². The number of fused-ring (bicyclic) bond motifs is 3. The molecule has 10 heteroatoms. The molecule has 2 aromatic carbocycles. The van der Waals surface area contributed by atoms with Crippen LogP contribution in [-0.4, -0.2) is 68.5 Å². The Morgan fingerprint density at radius 2 is 1.74 bits per heavy atom. The van der Waals surface area contributed by atoms with Crippen LogP contribution in [0.2, 0.25) is 0 Å². The van der Waals surface area contributed by atoms with Crippen molar-refractivity contribution in [2.75, 3.05) is 14.1 Å². The van der Waals surface area contributed by atoms with E-state index in [1.165, 1.54) is 11.0 Å². The molecular formula is C29H25IN2O7. The van der Waals surface area contributed by atoms with Crippen LogP contribution in [0.5, 0.6) is 5.75 Å². The van der Waals surface area contributed by atoms with Crippen LogP contribution < -0.4 is 5.73 Å². The maximum Gasteiger partial charge on any atom is 0.255 e. The lowest BCUT2D eigenvalue weighted by molar-refractivity contribution is -0.148. The Bertz CT molecular complexity index is 1580. The van der Waals surface area contributed by atoms with Crippen molar-refractivity contribution in [1.82, 2.24) is 4.90 Å². The van der Waals surface area contributed by atoms with E-state index >= 15 is 0 Å². The molecule has 0 saturated heterocycles. The zero-order valence-electron chi connectivity index (χ0n) is 21.0. The van der Waals surface area contributed by atoms with Gasteiger partial charge in [0.25, 0.3) is 5.91 Å². The molecule has 5 rings (SSSR count). The Balaban J connectivity index is 1.66. The van der Waals surface area contributed by atoms with E-state index in [4.69, 9.17) is 5.73 Å². The Morgan fingerprint density at radius 3 is 2.36 bits per heavy atom. The summed E-state index contributed by atoms with van der Waals surface area (Å²) < 4.78 is 1.06. The molecule has 6 N–H and O–H groups in total. The van der Waals surface area contributed by atoms with E-state index in [0.29, 0.717) is 11.1 Å². The number of aliphatic hydroxyl groups excluding tert-OH is 2. The van der Waals surface area contributed by atoms with Gasteiger partial charge in [-0.3, -0.25) is 19.3 Å². The molecule has 0 aliphatic heterocycles. The van der Waals surface area contributed by atoms with E-state index in [-0.39, 0.29) is 29.7 Å². The maximum absolute atomic E-state index is 13.8. The number of primary amides is 1. The lowest BCUT2D eigenvalue weighted by atomic mass is 9.58. The van der Waals surface area contributed by atoms with Gasteiger partial charge in [0.05, 0.1) is 11.6 Å². The van der Waals surface area contributed by atoms with Crippen molar-refractivity contribution in [3.05, 3.63) is 84.9 Å². The fourth-order valence-corrected chi connectivity index (χ4v) is 6.40. The number of phenolic OH excluding ortho intramolecular Hbond substituents is 1. The number of aromatic hydroxyl groups is 1. The fraction of sp³-hybridized carbons (Fsp3) is 0.276. The predicted octanol–water partition coefficient (Wildman–Crippen LogP) is 2.13. The van der Waals surface area contributed by atoms with Gasteiger partial charge in [-0.15, -0.1) is 0 Å². The average molecular weight is 640 g/mol. The fourth-order valence-electron chi connectivity index (χ4n) is 6.04. The zero-order chi connectivity index (χ0) is 28.4. The first-order chi connectivity index (χ1) is 18.4. The van der Waals surface area contributed by atoms with Crippen LogP contribution in [-0.2, 0) is 16.0 Å². The number of Topliss-reactive ketones (excluding diaryl/α,β-unsaturated/α-hetero) is 2. The van der Waals surface area contributed by atoms with Gasteiger partial charge >= 0.3 is 0 Å². The second kappa shape index (κ2) is 9.51.